The Morgan fingerprint density at radius 2 is 1.77 bits per heavy atom. The van der Waals surface area contributed by atoms with Gasteiger partial charge < -0.3 is 4.98 Å². The van der Waals surface area contributed by atoms with Crippen molar-refractivity contribution in [1.29, 1.82) is 5.26 Å². The largest absolute Gasteiger partial charge is 0.337 e. The number of H-pyrrole nitrogens is 1. The van der Waals surface area contributed by atoms with Crippen LogP contribution in [0.3, 0.4) is 0 Å². The number of nitriles is 1. The molecule has 3 aromatic carbocycles. The number of fused-ring (bicyclic) bond motifs is 1. The van der Waals surface area contributed by atoms with Crippen LogP contribution in [0.1, 0.15) is 31.2 Å². The van der Waals surface area contributed by atoms with Gasteiger partial charge >= 0.3 is 0 Å². The van der Waals surface area contributed by atoms with Crippen molar-refractivity contribution in [2.24, 2.45) is 5.92 Å². The molecule has 5 aromatic rings. The molecule has 0 saturated carbocycles. The van der Waals surface area contributed by atoms with Gasteiger partial charge in [-0.1, -0.05) is 49.4 Å². The Morgan fingerprint density at radius 1 is 1.02 bits per heavy atom. The predicted octanol–water partition coefficient (Wildman–Crippen LogP) is 5.90. The molecule has 3 heterocycles. The van der Waals surface area contributed by atoms with Gasteiger partial charge in [-0.15, -0.1) is 0 Å². The van der Waals surface area contributed by atoms with Gasteiger partial charge in [-0.2, -0.15) is 14.7 Å². The highest BCUT2D eigenvalue weighted by molar-refractivity contribution is 7.89. The number of sulfonamides is 1. The lowest BCUT2D eigenvalue weighted by molar-refractivity contribution is 0.288. The lowest BCUT2D eigenvalue weighted by atomic mass is 10.0. The number of nitrogens with one attached hydrogen (secondary N) is 1. The third-order valence-electron chi connectivity index (χ3n) is 7.32. The van der Waals surface area contributed by atoms with E-state index < -0.39 is 10.0 Å². The molecule has 0 unspecified atom stereocenters. The molecule has 1 aliphatic heterocycles. The molecule has 0 atom stereocenters. The van der Waals surface area contributed by atoms with Crippen molar-refractivity contribution < 1.29 is 8.42 Å². The van der Waals surface area contributed by atoms with E-state index in [1.165, 1.54) is 0 Å². The van der Waals surface area contributed by atoms with Crippen LogP contribution in [0.5, 0.6) is 0 Å². The average molecular weight is 549 g/mol. The van der Waals surface area contributed by atoms with Gasteiger partial charge in [0.15, 0.2) is 0 Å². The van der Waals surface area contributed by atoms with Crippen LogP contribution in [-0.4, -0.2) is 45.6 Å². The summed E-state index contributed by atoms with van der Waals surface area (Å²) in [5.74, 6) is 0.980. The van der Waals surface area contributed by atoms with Crippen molar-refractivity contribution >= 4 is 32.7 Å². The highest BCUT2D eigenvalue weighted by atomic mass is 32.2. The fraction of sp³-hybridized carbons (Fsp3) is 0.194. The first-order valence-corrected chi connectivity index (χ1v) is 14.7. The molecule has 0 spiro atoms. The van der Waals surface area contributed by atoms with Gasteiger partial charge in [0.05, 0.1) is 27.2 Å². The van der Waals surface area contributed by atoms with Gasteiger partial charge in [0.1, 0.15) is 17.6 Å². The fourth-order valence-electron chi connectivity index (χ4n) is 5.00. The van der Waals surface area contributed by atoms with E-state index in [2.05, 4.69) is 23.0 Å². The Labute approximate surface area is 233 Å². The summed E-state index contributed by atoms with van der Waals surface area (Å²) in [6, 6.07) is 26.4. The summed E-state index contributed by atoms with van der Waals surface area (Å²) >= 11 is 0. The quantitative estimate of drug-likeness (QED) is 0.266. The Bertz CT molecular complexity index is 1820. The molecule has 40 heavy (non-hydrogen) atoms. The smallest absolute Gasteiger partial charge is 0.243 e. The first kappa shape index (κ1) is 25.7. The number of hydrogen-bond donors (Lipinski definition) is 1. The normalized spacial score (nSPS) is 15.3. The van der Waals surface area contributed by atoms with E-state index in [1.807, 2.05) is 66.9 Å². The second-order valence-electron chi connectivity index (χ2n) is 10.1. The van der Waals surface area contributed by atoms with E-state index in [4.69, 9.17) is 5.10 Å². The molecule has 1 fully saturated rings. The molecule has 8 nitrogen and oxygen atoms in total. The zero-order valence-corrected chi connectivity index (χ0v) is 22.8. The minimum absolute atomic E-state index is 0.238. The maximum atomic E-state index is 13.5. The first-order valence-electron chi connectivity index (χ1n) is 13.2. The van der Waals surface area contributed by atoms with E-state index >= 15 is 0 Å². The highest BCUT2D eigenvalue weighted by Gasteiger charge is 2.28. The number of imidazole rings is 1. The van der Waals surface area contributed by atoms with Gasteiger partial charge in [0.2, 0.25) is 10.0 Å². The Balaban J connectivity index is 1.45. The van der Waals surface area contributed by atoms with Crippen LogP contribution in [0.4, 0.5) is 0 Å². The standard InChI is InChI=1S/C31H28N6O2S/c1-22-14-16-36(17-15-22)40(38,39)27-11-7-8-23(19-27)30-25(21-37(35-30)26-9-3-2-4-10-26)18-24(20-32)31-33-28-12-5-6-13-29(28)34-31/h2-13,18-19,21-22H,14-17H2,1H3,(H,33,34). The van der Waals surface area contributed by atoms with Crippen LogP contribution in [0.15, 0.2) is 90.0 Å². The maximum absolute atomic E-state index is 13.5. The van der Waals surface area contributed by atoms with Crippen molar-refractivity contribution in [2.75, 3.05) is 13.1 Å². The fourth-order valence-corrected chi connectivity index (χ4v) is 6.51. The average Bonchev–Trinajstić information content (AvgIpc) is 3.61. The van der Waals surface area contributed by atoms with Crippen LogP contribution in [0.25, 0.3) is 39.6 Å². The van der Waals surface area contributed by atoms with Crippen molar-refractivity contribution in [2.45, 2.75) is 24.7 Å². The second-order valence-corrected chi connectivity index (χ2v) is 12.0. The number of nitrogens with zero attached hydrogens (tertiary/aromatic N) is 5. The molecular formula is C31H28N6O2S. The van der Waals surface area contributed by atoms with Gasteiger partial charge in [-0.25, -0.2) is 18.1 Å². The lowest BCUT2D eigenvalue weighted by Crippen LogP contribution is -2.37. The molecular weight excluding hydrogens is 520 g/mol. The molecule has 0 bridgehead atoms. The molecule has 0 radical (unpaired) electrons. The van der Waals surface area contributed by atoms with Gasteiger partial charge in [-0.05, 0) is 61.2 Å². The number of aromatic nitrogens is 4. The highest BCUT2D eigenvalue weighted by Crippen LogP contribution is 2.31. The van der Waals surface area contributed by atoms with E-state index in [9.17, 15) is 13.7 Å². The lowest BCUT2D eigenvalue weighted by Gasteiger charge is -2.29. The summed E-state index contributed by atoms with van der Waals surface area (Å²) in [6.07, 6.45) is 5.30. The maximum Gasteiger partial charge on any atom is 0.243 e. The van der Waals surface area contributed by atoms with Gasteiger partial charge in [0, 0.05) is 30.4 Å². The summed E-state index contributed by atoms with van der Waals surface area (Å²) < 4.78 is 30.3. The molecule has 1 aliphatic rings. The van der Waals surface area contributed by atoms with Crippen molar-refractivity contribution in [1.82, 2.24) is 24.1 Å². The summed E-state index contributed by atoms with van der Waals surface area (Å²) in [5.41, 5.74) is 4.68. The van der Waals surface area contributed by atoms with Crippen molar-refractivity contribution in [3.63, 3.8) is 0 Å². The molecule has 200 valence electrons. The minimum atomic E-state index is -3.64. The number of para-hydroxylation sites is 3. The number of hydrogen-bond acceptors (Lipinski definition) is 5. The topological polar surface area (TPSA) is 108 Å². The van der Waals surface area contributed by atoms with Crippen LogP contribution < -0.4 is 0 Å². The number of benzene rings is 3. The Hall–Kier alpha value is -4.52. The monoisotopic (exact) mass is 548 g/mol. The van der Waals surface area contributed by atoms with Crippen molar-refractivity contribution in [3.05, 3.63) is 96.4 Å². The van der Waals surface area contributed by atoms with E-state index in [1.54, 1.807) is 33.3 Å². The SMILES string of the molecule is CC1CCN(S(=O)(=O)c2cccc(-c3nn(-c4ccccc4)cc3C=C(C#N)c3nc4ccccc4[nH]3)c2)CC1. The summed E-state index contributed by atoms with van der Waals surface area (Å²) in [5, 5.41) is 14.9. The zero-order chi connectivity index (χ0) is 27.7. The van der Waals surface area contributed by atoms with Crippen molar-refractivity contribution in [3.8, 4) is 23.0 Å². The number of rotatable bonds is 6. The summed E-state index contributed by atoms with van der Waals surface area (Å²) in [7, 11) is -3.64. The molecule has 1 N–H and O–H groups in total. The van der Waals surface area contributed by atoms with Gasteiger partial charge in [-0.3, -0.25) is 0 Å². The van der Waals surface area contributed by atoms with Crippen LogP contribution in [0, 0.1) is 17.2 Å². The van der Waals surface area contributed by atoms with Gasteiger partial charge in [0.25, 0.3) is 0 Å². The Kier molecular flexibility index (Phi) is 6.80. The number of allylic oxidation sites excluding steroid dienone is 1. The van der Waals surface area contributed by atoms with E-state index in [-0.39, 0.29) is 4.90 Å². The zero-order valence-electron chi connectivity index (χ0n) is 22.0. The minimum Gasteiger partial charge on any atom is -0.337 e. The first-order chi connectivity index (χ1) is 19.4. The molecule has 6 rings (SSSR count). The number of aromatic amines is 1. The van der Waals surface area contributed by atoms with E-state index in [0.717, 1.165) is 29.6 Å². The molecule has 0 amide bonds. The third kappa shape index (κ3) is 4.95. The van der Waals surface area contributed by atoms with Crippen LogP contribution in [0.2, 0.25) is 0 Å². The molecule has 2 aromatic heterocycles. The number of piperidine rings is 1. The van der Waals surface area contributed by atoms with Crippen LogP contribution in [-0.2, 0) is 10.0 Å². The summed E-state index contributed by atoms with van der Waals surface area (Å²) in [6.45, 7) is 3.20. The van der Waals surface area contributed by atoms with Crippen LogP contribution >= 0.6 is 0 Å². The molecule has 9 heteroatoms. The second kappa shape index (κ2) is 10.6. The predicted molar refractivity (Wildman–Crippen MR) is 156 cm³/mol. The van der Waals surface area contributed by atoms with E-state index in [0.29, 0.717) is 47.2 Å². The Morgan fingerprint density at radius 3 is 2.52 bits per heavy atom. The summed E-state index contributed by atoms with van der Waals surface area (Å²) in [4.78, 5) is 8.05. The molecule has 0 aliphatic carbocycles. The third-order valence-corrected chi connectivity index (χ3v) is 9.21. The molecule has 1 saturated heterocycles.